The Hall–Kier alpha value is -2.32. The summed E-state index contributed by atoms with van der Waals surface area (Å²) < 4.78 is 65.7. The van der Waals surface area contributed by atoms with Crippen molar-refractivity contribution in [3.05, 3.63) is 72.3 Å². The van der Waals surface area contributed by atoms with Crippen molar-refractivity contribution < 1.29 is 21.6 Å². The Bertz CT molecular complexity index is 941. The number of hydrogen-bond acceptors (Lipinski definition) is 3. The third-order valence-electron chi connectivity index (χ3n) is 4.77. The number of benzene rings is 2. The number of halogens is 3. The van der Waals surface area contributed by atoms with Crippen molar-refractivity contribution in [3.63, 3.8) is 0 Å². The molecule has 2 aromatic rings. The summed E-state index contributed by atoms with van der Waals surface area (Å²) in [5.41, 5.74) is 0.409. The molecule has 1 aliphatic heterocycles. The highest BCUT2D eigenvalue weighted by molar-refractivity contribution is 7.92. The second-order valence-electron chi connectivity index (χ2n) is 6.79. The molecule has 1 aliphatic rings. The van der Waals surface area contributed by atoms with Crippen molar-refractivity contribution in [3.8, 4) is 0 Å². The number of hydrogen-bond donors (Lipinski definition) is 1. The molecule has 1 heterocycles. The average Bonchev–Trinajstić information content (AvgIpc) is 3.10. The van der Waals surface area contributed by atoms with Crippen LogP contribution in [0.5, 0.6) is 0 Å². The van der Waals surface area contributed by atoms with Crippen LogP contribution in [0.3, 0.4) is 0 Å². The van der Waals surface area contributed by atoms with Gasteiger partial charge in [-0.25, -0.2) is 8.42 Å². The number of sulfonamides is 1. The van der Waals surface area contributed by atoms with Crippen molar-refractivity contribution in [2.75, 3.05) is 24.4 Å². The first-order valence-electron chi connectivity index (χ1n) is 8.82. The van der Waals surface area contributed by atoms with Gasteiger partial charge in [-0.3, -0.25) is 9.62 Å². The van der Waals surface area contributed by atoms with Crippen LogP contribution in [0.15, 0.2) is 66.1 Å². The third kappa shape index (κ3) is 4.74. The van der Waals surface area contributed by atoms with Gasteiger partial charge in [0.05, 0.1) is 10.5 Å². The Morgan fingerprint density at radius 1 is 1.18 bits per heavy atom. The lowest BCUT2D eigenvalue weighted by Gasteiger charge is -2.15. The van der Waals surface area contributed by atoms with Crippen molar-refractivity contribution in [1.29, 1.82) is 0 Å². The Morgan fingerprint density at radius 3 is 2.54 bits per heavy atom. The minimum Gasteiger partial charge on any atom is -0.299 e. The zero-order valence-electron chi connectivity index (χ0n) is 15.1. The molecule has 1 atom stereocenters. The maximum Gasteiger partial charge on any atom is 0.416 e. The molecule has 3 rings (SSSR count). The summed E-state index contributed by atoms with van der Waals surface area (Å²) in [5.74, 6) is 0.370. The summed E-state index contributed by atoms with van der Waals surface area (Å²) in [4.78, 5) is 1.87. The first kappa shape index (κ1) is 20.4. The molecule has 150 valence electrons. The van der Waals surface area contributed by atoms with Crippen LogP contribution in [-0.2, 0) is 16.2 Å². The maximum absolute atomic E-state index is 12.8. The molecule has 1 saturated heterocycles. The highest BCUT2D eigenvalue weighted by Crippen LogP contribution is 2.31. The van der Waals surface area contributed by atoms with Crippen molar-refractivity contribution in [2.45, 2.75) is 23.4 Å². The summed E-state index contributed by atoms with van der Waals surface area (Å²) in [7, 11) is -4.11. The van der Waals surface area contributed by atoms with Crippen molar-refractivity contribution in [2.24, 2.45) is 0 Å². The molecule has 0 bridgehead atoms. The summed E-state index contributed by atoms with van der Waals surface area (Å²) in [6.45, 7) is 6.49. The molecule has 0 unspecified atom stereocenters. The van der Waals surface area contributed by atoms with Gasteiger partial charge < -0.3 is 0 Å². The fraction of sp³-hybridized carbons (Fsp3) is 0.300. The number of anilines is 1. The largest absolute Gasteiger partial charge is 0.416 e. The summed E-state index contributed by atoms with van der Waals surface area (Å²) in [6, 6.07) is 10.7. The minimum atomic E-state index is -4.60. The highest BCUT2D eigenvalue weighted by atomic mass is 32.2. The van der Waals surface area contributed by atoms with Gasteiger partial charge in [0.15, 0.2) is 0 Å². The monoisotopic (exact) mass is 410 g/mol. The molecule has 8 heteroatoms. The van der Waals surface area contributed by atoms with Crippen LogP contribution in [0.25, 0.3) is 0 Å². The van der Waals surface area contributed by atoms with Crippen LogP contribution < -0.4 is 4.72 Å². The molecule has 0 saturated carbocycles. The zero-order chi connectivity index (χ0) is 20.4. The van der Waals surface area contributed by atoms with Gasteiger partial charge in [0.25, 0.3) is 10.0 Å². The van der Waals surface area contributed by atoms with Crippen molar-refractivity contribution >= 4 is 15.7 Å². The number of likely N-dealkylation sites (tertiary alicyclic amines) is 1. The lowest BCUT2D eigenvalue weighted by Crippen LogP contribution is -2.20. The smallest absolute Gasteiger partial charge is 0.299 e. The standard InChI is InChI=1S/C20H21F3N2O2S/c1-2-11-25-12-10-16(14-25)15-6-8-18(9-7-15)24-28(26,27)19-5-3-4-17(13-19)20(21,22)23/h2-9,13,16,24H,1,10-12,14H2/t16-/m1/s1. The van der Waals surface area contributed by atoms with E-state index in [1.54, 1.807) is 12.1 Å². The molecule has 0 radical (unpaired) electrons. The van der Waals surface area contributed by atoms with Gasteiger partial charge in [-0.2, -0.15) is 13.2 Å². The molecule has 0 amide bonds. The maximum atomic E-state index is 12.8. The molecular formula is C20H21F3N2O2S. The van der Waals surface area contributed by atoms with Gasteiger partial charge in [0, 0.05) is 18.8 Å². The van der Waals surface area contributed by atoms with Crippen LogP contribution in [0.4, 0.5) is 18.9 Å². The fourth-order valence-electron chi connectivity index (χ4n) is 3.33. The summed E-state index contributed by atoms with van der Waals surface area (Å²) in [6.07, 6.45) is -1.72. The first-order valence-corrected chi connectivity index (χ1v) is 10.3. The quantitative estimate of drug-likeness (QED) is 0.715. The molecule has 2 aromatic carbocycles. The number of nitrogens with zero attached hydrogens (tertiary/aromatic N) is 1. The SMILES string of the molecule is C=CCN1CC[C@@H](c2ccc(NS(=O)(=O)c3cccc(C(F)(F)F)c3)cc2)C1. The van der Waals surface area contributed by atoms with Gasteiger partial charge in [0.2, 0.25) is 0 Å². The van der Waals surface area contributed by atoms with E-state index < -0.39 is 26.7 Å². The predicted molar refractivity (Wildman–Crippen MR) is 103 cm³/mol. The molecule has 0 spiro atoms. The van der Waals surface area contributed by atoms with Gasteiger partial charge in [-0.1, -0.05) is 24.3 Å². The fourth-order valence-corrected chi connectivity index (χ4v) is 4.43. The van der Waals surface area contributed by atoms with Crippen LogP contribution in [-0.4, -0.2) is 33.0 Å². The second kappa shape index (κ2) is 7.97. The topological polar surface area (TPSA) is 49.4 Å². The van der Waals surface area contributed by atoms with E-state index in [1.807, 2.05) is 18.2 Å². The molecule has 4 nitrogen and oxygen atoms in total. The average molecular weight is 410 g/mol. The van der Waals surface area contributed by atoms with E-state index in [0.717, 1.165) is 49.8 Å². The zero-order valence-corrected chi connectivity index (χ0v) is 15.9. The van der Waals surface area contributed by atoms with E-state index in [4.69, 9.17) is 0 Å². The number of alkyl halides is 3. The van der Waals surface area contributed by atoms with Crippen LogP contribution in [0, 0.1) is 0 Å². The number of rotatable bonds is 6. The van der Waals surface area contributed by atoms with Gasteiger partial charge in [0.1, 0.15) is 0 Å². The lowest BCUT2D eigenvalue weighted by molar-refractivity contribution is -0.137. The molecule has 28 heavy (non-hydrogen) atoms. The Kier molecular flexibility index (Phi) is 5.81. The van der Waals surface area contributed by atoms with E-state index in [1.165, 1.54) is 0 Å². The van der Waals surface area contributed by atoms with Crippen molar-refractivity contribution in [1.82, 2.24) is 4.90 Å². The van der Waals surface area contributed by atoms with Crippen LogP contribution in [0.2, 0.25) is 0 Å². The molecule has 0 aromatic heterocycles. The predicted octanol–water partition coefficient (Wildman–Crippen LogP) is 4.48. The van der Waals surface area contributed by atoms with Gasteiger partial charge in [-0.05, 0) is 54.8 Å². The molecular weight excluding hydrogens is 389 g/mol. The number of nitrogens with one attached hydrogen (secondary N) is 1. The Labute approximate surface area is 162 Å². The van der Waals surface area contributed by atoms with E-state index in [-0.39, 0.29) is 0 Å². The van der Waals surface area contributed by atoms with Crippen LogP contribution in [0.1, 0.15) is 23.5 Å². The van der Waals surface area contributed by atoms with E-state index in [0.29, 0.717) is 17.7 Å². The van der Waals surface area contributed by atoms with Gasteiger partial charge >= 0.3 is 6.18 Å². The van der Waals surface area contributed by atoms with E-state index in [9.17, 15) is 21.6 Å². The second-order valence-corrected chi connectivity index (χ2v) is 8.47. The molecule has 1 fully saturated rings. The summed E-state index contributed by atoms with van der Waals surface area (Å²) >= 11 is 0. The van der Waals surface area contributed by atoms with E-state index >= 15 is 0 Å². The first-order chi connectivity index (χ1) is 13.2. The lowest BCUT2D eigenvalue weighted by atomic mass is 9.98. The Morgan fingerprint density at radius 2 is 1.89 bits per heavy atom. The molecule has 0 aliphatic carbocycles. The van der Waals surface area contributed by atoms with Crippen LogP contribution >= 0.6 is 0 Å². The highest BCUT2D eigenvalue weighted by Gasteiger charge is 2.31. The van der Waals surface area contributed by atoms with Gasteiger partial charge in [-0.15, -0.1) is 6.58 Å². The minimum absolute atomic E-state index is 0.308. The third-order valence-corrected chi connectivity index (χ3v) is 6.14. The normalized spacial score (nSPS) is 18.2. The van der Waals surface area contributed by atoms with E-state index in [2.05, 4.69) is 16.2 Å². The molecule has 1 N–H and O–H groups in total. The Balaban J connectivity index is 1.72. The summed E-state index contributed by atoms with van der Waals surface area (Å²) in [5, 5.41) is 0.